The van der Waals surface area contributed by atoms with Crippen LogP contribution < -0.4 is 9.64 Å². The van der Waals surface area contributed by atoms with Crippen LogP contribution in [0, 0.1) is 10.1 Å². The van der Waals surface area contributed by atoms with Crippen molar-refractivity contribution in [3.05, 3.63) is 45.9 Å². The second-order valence-corrected chi connectivity index (χ2v) is 4.55. The number of nitrogens with zero attached hydrogens (tertiary/aromatic N) is 4. The molecule has 0 unspecified atom stereocenters. The highest BCUT2D eigenvalue weighted by molar-refractivity contribution is 6.31. The summed E-state index contributed by atoms with van der Waals surface area (Å²) < 4.78 is 9.98. The lowest BCUT2D eigenvalue weighted by atomic mass is 10.2. The number of methoxy groups -OCH3 is 1. The molecule has 0 fully saturated rings. The number of benzene rings is 1. The Labute approximate surface area is 131 Å². The van der Waals surface area contributed by atoms with Gasteiger partial charge in [-0.2, -0.15) is 0 Å². The van der Waals surface area contributed by atoms with Gasteiger partial charge in [0.25, 0.3) is 5.69 Å². The van der Waals surface area contributed by atoms with Crippen LogP contribution >= 0.6 is 11.6 Å². The third-order valence-electron chi connectivity index (χ3n) is 2.80. The minimum atomic E-state index is -0.504. The standard InChI is InChI=1S/C13H13ClN4O4/c1-17(13-12(14)15-5-6-16-13)10-4-3-9(22-8-21-2)7-11(10)18(19)20/h3-7H,8H2,1-2H3. The second-order valence-electron chi connectivity index (χ2n) is 4.19. The largest absolute Gasteiger partial charge is 0.467 e. The monoisotopic (exact) mass is 324 g/mol. The number of halogens is 1. The van der Waals surface area contributed by atoms with E-state index in [4.69, 9.17) is 21.1 Å². The summed E-state index contributed by atoms with van der Waals surface area (Å²) in [6.45, 7) is 0.00231. The van der Waals surface area contributed by atoms with Crippen LogP contribution in [0.3, 0.4) is 0 Å². The number of hydrogen-bond donors (Lipinski definition) is 0. The first-order chi connectivity index (χ1) is 10.5. The highest BCUT2D eigenvalue weighted by atomic mass is 35.5. The predicted molar refractivity (Wildman–Crippen MR) is 80.7 cm³/mol. The third-order valence-corrected chi connectivity index (χ3v) is 3.07. The van der Waals surface area contributed by atoms with Gasteiger partial charge in [-0.3, -0.25) is 10.1 Å². The number of rotatable bonds is 6. The van der Waals surface area contributed by atoms with Crippen molar-refractivity contribution in [2.45, 2.75) is 0 Å². The van der Waals surface area contributed by atoms with Crippen molar-refractivity contribution >= 4 is 28.8 Å². The summed E-state index contributed by atoms with van der Waals surface area (Å²) in [4.78, 5) is 20.3. The molecule has 0 aliphatic carbocycles. The first-order valence-corrected chi connectivity index (χ1v) is 6.52. The fraction of sp³-hybridized carbons (Fsp3) is 0.231. The van der Waals surface area contributed by atoms with Gasteiger partial charge in [-0.15, -0.1) is 0 Å². The third kappa shape index (κ3) is 3.41. The van der Waals surface area contributed by atoms with E-state index in [1.165, 1.54) is 30.5 Å². The van der Waals surface area contributed by atoms with Crippen LogP contribution in [-0.2, 0) is 4.74 Å². The smallest absolute Gasteiger partial charge is 0.296 e. The van der Waals surface area contributed by atoms with Crippen molar-refractivity contribution in [1.29, 1.82) is 0 Å². The summed E-state index contributed by atoms with van der Waals surface area (Å²) in [5.74, 6) is 0.647. The maximum Gasteiger partial charge on any atom is 0.296 e. The van der Waals surface area contributed by atoms with E-state index < -0.39 is 4.92 Å². The molecule has 0 N–H and O–H groups in total. The maximum absolute atomic E-state index is 11.3. The minimum absolute atomic E-state index is 0.00231. The van der Waals surface area contributed by atoms with Gasteiger partial charge < -0.3 is 14.4 Å². The van der Waals surface area contributed by atoms with Gasteiger partial charge in [0.15, 0.2) is 17.8 Å². The van der Waals surface area contributed by atoms with E-state index in [0.29, 0.717) is 17.3 Å². The fourth-order valence-electron chi connectivity index (χ4n) is 1.80. The van der Waals surface area contributed by atoms with E-state index in [0.717, 1.165) is 0 Å². The number of anilines is 2. The Kier molecular flexibility index (Phi) is 5.08. The highest BCUT2D eigenvalue weighted by Gasteiger charge is 2.21. The molecule has 9 heteroatoms. The molecule has 1 heterocycles. The Morgan fingerprint density at radius 1 is 1.36 bits per heavy atom. The molecule has 0 saturated carbocycles. The van der Waals surface area contributed by atoms with Gasteiger partial charge in [0.05, 0.1) is 11.0 Å². The van der Waals surface area contributed by atoms with E-state index in [-0.39, 0.29) is 17.6 Å². The summed E-state index contributed by atoms with van der Waals surface area (Å²) in [6, 6.07) is 4.46. The van der Waals surface area contributed by atoms with Crippen molar-refractivity contribution in [3.8, 4) is 5.75 Å². The number of ether oxygens (including phenoxy) is 2. The molecule has 1 aromatic heterocycles. The Morgan fingerprint density at radius 3 is 2.73 bits per heavy atom. The molecule has 0 saturated heterocycles. The van der Waals surface area contributed by atoms with E-state index in [9.17, 15) is 10.1 Å². The van der Waals surface area contributed by atoms with Gasteiger partial charge in [0, 0.05) is 26.6 Å². The molecule has 22 heavy (non-hydrogen) atoms. The first kappa shape index (κ1) is 15.9. The summed E-state index contributed by atoms with van der Waals surface area (Å²) in [6.07, 6.45) is 2.90. The number of hydrogen-bond acceptors (Lipinski definition) is 7. The van der Waals surface area contributed by atoms with Gasteiger partial charge in [-0.25, -0.2) is 9.97 Å². The zero-order valence-electron chi connectivity index (χ0n) is 11.9. The molecular weight excluding hydrogens is 312 g/mol. The van der Waals surface area contributed by atoms with E-state index in [2.05, 4.69) is 9.97 Å². The quantitative estimate of drug-likeness (QED) is 0.458. The van der Waals surface area contributed by atoms with E-state index in [1.54, 1.807) is 19.2 Å². The van der Waals surface area contributed by atoms with Gasteiger partial charge >= 0.3 is 0 Å². The van der Waals surface area contributed by atoms with Crippen LogP contribution in [0.2, 0.25) is 5.15 Å². The van der Waals surface area contributed by atoms with Gasteiger partial charge in [0.1, 0.15) is 11.4 Å². The SMILES string of the molecule is COCOc1ccc(N(C)c2nccnc2Cl)c([N+](=O)[O-])c1. The fourth-order valence-corrected chi connectivity index (χ4v) is 2.03. The van der Waals surface area contributed by atoms with Crippen molar-refractivity contribution < 1.29 is 14.4 Å². The van der Waals surface area contributed by atoms with Crippen LogP contribution in [-0.4, -0.2) is 35.8 Å². The molecule has 116 valence electrons. The molecule has 2 rings (SSSR count). The van der Waals surface area contributed by atoms with Crippen LogP contribution in [0.1, 0.15) is 0 Å². The molecule has 2 aromatic rings. The lowest BCUT2D eigenvalue weighted by Crippen LogP contribution is -2.14. The first-order valence-electron chi connectivity index (χ1n) is 6.15. The number of nitro groups is 1. The van der Waals surface area contributed by atoms with Crippen molar-refractivity contribution in [1.82, 2.24) is 9.97 Å². The zero-order chi connectivity index (χ0) is 16.1. The van der Waals surface area contributed by atoms with Crippen LogP contribution in [0.5, 0.6) is 5.75 Å². The van der Waals surface area contributed by atoms with Gasteiger partial charge in [0.2, 0.25) is 0 Å². The Hall–Kier alpha value is -2.45. The molecule has 1 aromatic carbocycles. The average molecular weight is 325 g/mol. The molecule has 0 radical (unpaired) electrons. The summed E-state index contributed by atoms with van der Waals surface area (Å²) in [5, 5.41) is 11.4. The van der Waals surface area contributed by atoms with E-state index >= 15 is 0 Å². The molecule has 0 amide bonds. The topological polar surface area (TPSA) is 90.6 Å². The summed E-state index contributed by atoms with van der Waals surface area (Å²) in [5.41, 5.74) is 0.176. The minimum Gasteiger partial charge on any atom is -0.467 e. The predicted octanol–water partition coefficient (Wildman–Crippen LogP) is 2.79. The summed E-state index contributed by atoms with van der Waals surface area (Å²) >= 11 is 5.97. The van der Waals surface area contributed by atoms with Crippen LogP contribution in [0.25, 0.3) is 0 Å². The van der Waals surface area contributed by atoms with Crippen molar-refractivity contribution in [3.63, 3.8) is 0 Å². The Morgan fingerprint density at radius 2 is 2.09 bits per heavy atom. The molecule has 0 bridgehead atoms. The second kappa shape index (κ2) is 7.01. The Bertz CT molecular complexity index is 683. The lowest BCUT2D eigenvalue weighted by molar-refractivity contribution is -0.384. The van der Waals surface area contributed by atoms with Gasteiger partial charge in [-0.1, -0.05) is 11.6 Å². The lowest BCUT2D eigenvalue weighted by Gasteiger charge is -2.19. The average Bonchev–Trinajstić information content (AvgIpc) is 2.52. The number of nitro benzene ring substituents is 1. The molecule has 0 aliphatic heterocycles. The molecule has 0 spiro atoms. The highest BCUT2D eigenvalue weighted by Crippen LogP contribution is 2.36. The molecule has 0 aliphatic rings. The normalized spacial score (nSPS) is 10.3. The molecule has 8 nitrogen and oxygen atoms in total. The Balaban J connectivity index is 2.41. The number of aromatic nitrogens is 2. The maximum atomic E-state index is 11.3. The summed E-state index contributed by atoms with van der Waals surface area (Å²) in [7, 11) is 3.08. The van der Waals surface area contributed by atoms with Crippen LogP contribution in [0.4, 0.5) is 17.2 Å². The molecule has 0 atom stereocenters. The zero-order valence-corrected chi connectivity index (χ0v) is 12.6. The van der Waals surface area contributed by atoms with Crippen molar-refractivity contribution in [2.24, 2.45) is 0 Å². The van der Waals surface area contributed by atoms with Crippen molar-refractivity contribution in [2.75, 3.05) is 25.9 Å². The van der Waals surface area contributed by atoms with Crippen LogP contribution in [0.15, 0.2) is 30.6 Å². The van der Waals surface area contributed by atoms with Gasteiger partial charge in [-0.05, 0) is 12.1 Å². The van der Waals surface area contributed by atoms with E-state index in [1.807, 2.05) is 0 Å². The molecular formula is C13H13ClN4O4.